The Bertz CT molecular complexity index is 252. The fraction of sp³-hybridized carbons (Fsp3) is 0.556. The molecule has 0 radical (unpaired) electrons. The van der Waals surface area contributed by atoms with Crippen LogP contribution in [0.1, 0.15) is 32.1 Å². The van der Waals surface area contributed by atoms with E-state index in [1.54, 1.807) is 0 Å². The molecule has 0 aliphatic rings. The van der Waals surface area contributed by atoms with E-state index >= 15 is 0 Å². The van der Waals surface area contributed by atoms with Gasteiger partial charge in [-0.25, -0.2) is 0 Å². The third-order valence-corrected chi connectivity index (χ3v) is 2.61. The maximum Gasteiger partial charge on any atom is 0.169 e. The van der Waals surface area contributed by atoms with E-state index in [4.69, 9.17) is 10.2 Å². The predicted octanol–water partition coefficient (Wildman–Crippen LogP) is 3.51. The minimum atomic E-state index is 0. The summed E-state index contributed by atoms with van der Waals surface area (Å²) in [5.74, 6) is 1.32. The zero-order valence-corrected chi connectivity index (χ0v) is 10.2. The molecule has 1 aromatic rings. The molecule has 2 atom stereocenters. The normalized spacial score (nSPS) is 14.8. The highest BCUT2D eigenvalue weighted by Gasteiger charge is 2.15. The Morgan fingerprint density at radius 2 is 2.15 bits per heavy atom. The van der Waals surface area contributed by atoms with Crippen LogP contribution in [-0.4, -0.2) is 0 Å². The molecule has 0 aliphatic heterocycles. The van der Waals surface area contributed by atoms with E-state index < -0.39 is 0 Å². The first-order valence-corrected chi connectivity index (χ1v) is 4.95. The molecule has 13 heavy (non-hydrogen) atoms. The molecule has 0 amide bonds. The molecule has 0 aliphatic carbocycles. The van der Waals surface area contributed by atoms with Crippen LogP contribution in [0.3, 0.4) is 0 Å². The van der Waals surface area contributed by atoms with E-state index in [1.807, 2.05) is 12.1 Å². The molecule has 76 valence electrons. The maximum absolute atomic E-state index is 5.95. The van der Waals surface area contributed by atoms with Crippen LogP contribution in [0, 0.1) is 5.92 Å². The van der Waals surface area contributed by atoms with Crippen LogP contribution in [0.25, 0.3) is 0 Å². The second-order valence-corrected chi connectivity index (χ2v) is 3.83. The van der Waals surface area contributed by atoms with E-state index in [1.165, 1.54) is 0 Å². The van der Waals surface area contributed by atoms with Crippen molar-refractivity contribution in [2.45, 2.75) is 26.3 Å². The first-order chi connectivity index (χ1) is 5.65. The van der Waals surface area contributed by atoms with Crippen LogP contribution in [0.2, 0.25) is 0 Å². The van der Waals surface area contributed by atoms with Crippen molar-refractivity contribution in [3.05, 3.63) is 22.6 Å². The Kier molecular flexibility index (Phi) is 5.68. The Balaban J connectivity index is 0.00000144. The lowest BCUT2D eigenvalue weighted by Gasteiger charge is -2.15. The minimum absolute atomic E-state index is 0. The van der Waals surface area contributed by atoms with Crippen molar-refractivity contribution < 1.29 is 4.42 Å². The highest BCUT2D eigenvalue weighted by Crippen LogP contribution is 2.25. The predicted molar refractivity (Wildman–Crippen MR) is 60.0 cm³/mol. The number of rotatable bonds is 3. The van der Waals surface area contributed by atoms with E-state index in [9.17, 15) is 0 Å². The van der Waals surface area contributed by atoms with Crippen molar-refractivity contribution in [3.8, 4) is 0 Å². The van der Waals surface area contributed by atoms with Gasteiger partial charge in [0.25, 0.3) is 0 Å². The van der Waals surface area contributed by atoms with Gasteiger partial charge in [0.2, 0.25) is 0 Å². The molecular formula is C9H15BrClNO. The fourth-order valence-corrected chi connectivity index (χ4v) is 1.36. The topological polar surface area (TPSA) is 39.2 Å². The van der Waals surface area contributed by atoms with E-state index in [0.717, 1.165) is 16.9 Å². The summed E-state index contributed by atoms with van der Waals surface area (Å²) in [5.41, 5.74) is 5.95. The lowest BCUT2D eigenvalue weighted by Crippen LogP contribution is -2.17. The summed E-state index contributed by atoms with van der Waals surface area (Å²) in [6.45, 7) is 4.25. The molecular weight excluding hydrogens is 253 g/mol. The van der Waals surface area contributed by atoms with Crippen molar-refractivity contribution in [2.75, 3.05) is 0 Å². The lowest BCUT2D eigenvalue weighted by atomic mass is 9.98. The van der Waals surface area contributed by atoms with Gasteiger partial charge in [0.15, 0.2) is 4.67 Å². The molecule has 1 unspecified atom stereocenters. The third kappa shape index (κ3) is 3.33. The van der Waals surface area contributed by atoms with Gasteiger partial charge in [-0.05, 0) is 34.0 Å². The van der Waals surface area contributed by atoms with Gasteiger partial charge in [-0.15, -0.1) is 12.4 Å². The zero-order valence-electron chi connectivity index (χ0n) is 7.79. The van der Waals surface area contributed by atoms with Crippen molar-refractivity contribution >= 4 is 28.3 Å². The lowest BCUT2D eigenvalue weighted by molar-refractivity contribution is 0.369. The first kappa shape index (κ1) is 13.0. The van der Waals surface area contributed by atoms with Gasteiger partial charge in [-0.3, -0.25) is 0 Å². The average molecular weight is 269 g/mol. The molecule has 0 aromatic carbocycles. The van der Waals surface area contributed by atoms with Crippen molar-refractivity contribution in [1.82, 2.24) is 0 Å². The van der Waals surface area contributed by atoms with Gasteiger partial charge in [-0.1, -0.05) is 20.3 Å². The van der Waals surface area contributed by atoms with Crippen molar-refractivity contribution in [3.63, 3.8) is 0 Å². The molecule has 0 bridgehead atoms. The van der Waals surface area contributed by atoms with Crippen LogP contribution >= 0.6 is 28.3 Å². The van der Waals surface area contributed by atoms with Gasteiger partial charge in [-0.2, -0.15) is 0 Å². The maximum atomic E-state index is 5.95. The summed E-state index contributed by atoms with van der Waals surface area (Å²) >= 11 is 3.25. The van der Waals surface area contributed by atoms with Crippen LogP contribution in [0.5, 0.6) is 0 Å². The summed E-state index contributed by atoms with van der Waals surface area (Å²) in [4.78, 5) is 0. The largest absolute Gasteiger partial charge is 0.453 e. The molecule has 1 rings (SSSR count). The molecule has 2 nitrogen and oxygen atoms in total. The van der Waals surface area contributed by atoms with Gasteiger partial charge < -0.3 is 10.2 Å². The molecule has 0 saturated carbocycles. The number of hydrogen-bond acceptors (Lipinski definition) is 2. The van der Waals surface area contributed by atoms with Crippen LogP contribution in [-0.2, 0) is 0 Å². The third-order valence-electron chi connectivity index (χ3n) is 2.18. The Morgan fingerprint density at radius 3 is 2.54 bits per heavy atom. The number of halogens is 2. The minimum Gasteiger partial charge on any atom is -0.453 e. The Morgan fingerprint density at radius 1 is 1.54 bits per heavy atom. The summed E-state index contributed by atoms with van der Waals surface area (Å²) < 4.78 is 6.11. The molecule has 0 saturated heterocycles. The highest BCUT2D eigenvalue weighted by atomic mass is 79.9. The van der Waals surface area contributed by atoms with Crippen LogP contribution < -0.4 is 5.73 Å². The second kappa shape index (κ2) is 5.68. The fourth-order valence-electron chi connectivity index (χ4n) is 1.04. The van der Waals surface area contributed by atoms with Crippen LogP contribution in [0.4, 0.5) is 0 Å². The smallest absolute Gasteiger partial charge is 0.169 e. The van der Waals surface area contributed by atoms with Gasteiger partial charge >= 0.3 is 0 Å². The molecule has 1 heterocycles. The summed E-state index contributed by atoms with van der Waals surface area (Å²) in [5, 5.41) is 0. The molecule has 2 N–H and O–H groups in total. The second-order valence-electron chi connectivity index (χ2n) is 3.05. The molecule has 4 heteroatoms. The highest BCUT2D eigenvalue weighted by molar-refractivity contribution is 9.10. The summed E-state index contributed by atoms with van der Waals surface area (Å²) in [7, 11) is 0. The number of furan rings is 1. The van der Waals surface area contributed by atoms with E-state index in [2.05, 4.69) is 29.8 Å². The Labute approximate surface area is 93.4 Å². The zero-order chi connectivity index (χ0) is 9.14. The number of hydrogen-bond donors (Lipinski definition) is 1. The van der Waals surface area contributed by atoms with Crippen molar-refractivity contribution in [2.24, 2.45) is 11.7 Å². The molecule has 0 spiro atoms. The monoisotopic (exact) mass is 267 g/mol. The quantitative estimate of drug-likeness (QED) is 0.911. The first-order valence-electron chi connectivity index (χ1n) is 4.16. The van der Waals surface area contributed by atoms with Gasteiger partial charge in [0.05, 0.1) is 6.04 Å². The standard InChI is InChI=1S/C9H14BrNO.ClH/c1-3-6(2)9(11)7-4-5-8(10)12-7;/h4-6,9H,3,11H2,1-2H3;1H/t6?,9-;/m1./s1. The number of nitrogens with two attached hydrogens (primary N) is 1. The summed E-state index contributed by atoms with van der Waals surface area (Å²) in [6.07, 6.45) is 1.07. The van der Waals surface area contributed by atoms with E-state index in [0.29, 0.717) is 5.92 Å². The molecule has 1 aromatic heterocycles. The SMILES string of the molecule is CCC(C)[C@@H](N)c1ccc(Br)o1.Cl. The van der Waals surface area contributed by atoms with Gasteiger partial charge in [0.1, 0.15) is 5.76 Å². The van der Waals surface area contributed by atoms with Gasteiger partial charge in [0, 0.05) is 0 Å². The average Bonchev–Trinajstić information content (AvgIpc) is 2.49. The Hall–Kier alpha value is 0.01000. The van der Waals surface area contributed by atoms with Crippen molar-refractivity contribution in [1.29, 1.82) is 0 Å². The van der Waals surface area contributed by atoms with E-state index in [-0.39, 0.29) is 18.4 Å². The van der Waals surface area contributed by atoms with Crippen LogP contribution in [0.15, 0.2) is 21.2 Å². The summed E-state index contributed by atoms with van der Waals surface area (Å²) in [6, 6.07) is 3.81. The molecule has 0 fully saturated rings.